The minimum atomic E-state index is -3.92. The second-order valence-corrected chi connectivity index (χ2v) is 9.22. The number of carbonyl (C=O) groups is 1. The molecular weight excluding hydrogens is 424 g/mol. The number of amides is 1. The Morgan fingerprint density at radius 2 is 1.80 bits per heavy atom. The molecule has 6 nitrogen and oxygen atoms in total. The van der Waals surface area contributed by atoms with E-state index < -0.39 is 22.0 Å². The zero-order chi connectivity index (χ0) is 21.3. The lowest BCUT2D eigenvalue weighted by Crippen LogP contribution is -2.48. The molecule has 4 rings (SSSR count). The Balaban J connectivity index is 1.67. The van der Waals surface area contributed by atoms with Gasteiger partial charge in [-0.05, 0) is 61.0 Å². The van der Waals surface area contributed by atoms with Gasteiger partial charge >= 0.3 is 0 Å². The molecule has 0 saturated heterocycles. The molecule has 1 amide bonds. The van der Waals surface area contributed by atoms with Crippen molar-refractivity contribution >= 4 is 38.9 Å². The zero-order valence-corrected chi connectivity index (χ0v) is 17.7. The number of ether oxygens (including phenoxy) is 1. The van der Waals surface area contributed by atoms with Gasteiger partial charge in [-0.3, -0.25) is 9.10 Å². The van der Waals surface area contributed by atoms with Gasteiger partial charge in [0.05, 0.1) is 17.1 Å². The summed E-state index contributed by atoms with van der Waals surface area (Å²) in [6.45, 7) is 1.77. The van der Waals surface area contributed by atoms with E-state index in [1.54, 1.807) is 30.3 Å². The van der Waals surface area contributed by atoms with Gasteiger partial charge in [0.1, 0.15) is 5.75 Å². The standard InChI is InChI=1S/C22H19ClN2O4S/c1-15-5-4-6-17(13-15)24-22(26)21-14-25(19-7-2-3-8-20(19)29-21)30(27,28)18-11-9-16(23)10-12-18/h2-13,21H,14H2,1H3,(H,24,26)/t21-/m0/s1. The lowest BCUT2D eigenvalue weighted by Gasteiger charge is -2.34. The molecule has 0 bridgehead atoms. The summed E-state index contributed by atoms with van der Waals surface area (Å²) in [6.07, 6.45) is -1.01. The van der Waals surface area contributed by atoms with E-state index in [2.05, 4.69) is 5.32 Å². The Bertz CT molecular complexity index is 1200. The third kappa shape index (κ3) is 3.99. The first-order valence-electron chi connectivity index (χ1n) is 9.26. The molecule has 3 aromatic carbocycles. The van der Waals surface area contributed by atoms with E-state index in [9.17, 15) is 13.2 Å². The maximum absolute atomic E-state index is 13.3. The number of anilines is 2. The number of para-hydroxylation sites is 2. The summed E-state index contributed by atoms with van der Waals surface area (Å²) >= 11 is 5.90. The fraction of sp³-hybridized carbons (Fsp3) is 0.136. The van der Waals surface area contributed by atoms with Crippen molar-refractivity contribution < 1.29 is 17.9 Å². The molecule has 0 saturated carbocycles. The highest BCUT2D eigenvalue weighted by Gasteiger charge is 2.37. The average Bonchev–Trinajstić information content (AvgIpc) is 2.73. The second-order valence-electron chi connectivity index (χ2n) is 6.92. The number of halogens is 1. The number of benzene rings is 3. The molecular formula is C22H19ClN2O4S. The van der Waals surface area contributed by atoms with Crippen LogP contribution in [-0.4, -0.2) is 27.0 Å². The van der Waals surface area contributed by atoms with Gasteiger partial charge in [-0.15, -0.1) is 0 Å². The topological polar surface area (TPSA) is 75.7 Å². The van der Waals surface area contributed by atoms with Crippen molar-refractivity contribution in [3.05, 3.63) is 83.4 Å². The van der Waals surface area contributed by atoms with Gasteiger partial charge in [-0.25, -0.2) is 8.42 Å². The van der Waals surface area contributed by atoms with Crippen molar-refractivity contribution in [1.82, 2.24) is 0 Å². The van der Waals surface area contributed by atoms with Crippen LogP contribution in [0.2, 0.25) is 5.02 Å². The molecule has 1 aliphatic rings. The third-order valence-corrected chi connectivity index (χ3v) is 6.76. The number of hydrogen-bond acceptors (Lipinski definition) is 4. The van der Waals surface area contributed by atoms with Crippen LogP contribution in [0.25, 0.3) is 0 Å². The first kappa shape index (κ1) is 20.3. The van der Waals surface area contributed by atoms with E-state index >= 15 is 0 Å². The number of aryl methyl sites for hydroxylation is 1. The van der Waals surface area contributed by atoms with Gasteiger partial charge in [0.15, 0.2) is 6.10 Å². The molecule has 30 heavy (non-hydrogen) atoms. The normalized spacial score (nSPS) is 15.8. The van der Waals surface area contributed by atoms with Gasteiger partial charge in [-0.1, -0.05) is 35.9 Å². The van der Waals surface area contributed by atoms with Crippen LogP contribution in [-0.2, 0) is 14.8 Å². The van der Waals surface area contributed by atoms with Crippen LogP contribution in [0.1, 0.15) is 5.56 Å². The Morgan fingerprint density at radius 1 is 1.07 bits per heavy atom. The smallest absolute Gasteiger partial charge is 0.267 e. The van der Waals surface area contributed by atoms with E-state index in [4.69, 9.17) is 16.3 Å². The molecule has 154 valence electrons. The molecule has 1 atom stereocenters. The Kier molecular flexibility index (Phi) is 5.40. The largest absolute Gasteiger partial charge is 0.476 e. The lowest BCUT2D eigenvalue weighted by molar-refractivity contribution is -0.122. The van der Waals surface area contributed by atoms with Crippen LogP contribution in [0.5, 0.6) is 5.75 Å². The number of nitrogens with zero attached hydrogens (tertiary/aromatic N) is 1. The molecule has 1 aliphatic heterocycles. The van der Waals surface area contributed by atoms with Gasteiger partial charge in [0.25, 0.3) is 15.9 Å². The number of nitrogens with one attached hydrogen (secondary N) is 1. The fourth-order valence-electron chi connectivity index (χ4n) is 3.25. The van der Waals surface area contributed by atoms with E-state index in [1.165, 1.54) is 28.6 Å². The van der Waals surface area contributed by atoms with Crippen LogP contribution in [0.4, 0.5) is 11.4 Å². The maximum atomic E-state index is 13.3. The van der Waals surface area contributed by atoms with Crippen molar-refractivity contribution in [2.45, 2.75) is 17.9 Å². The molecule has 1 heterocycles. The van der Waals surface area contributed by atoms with E-state index in [-0.39, 0.29) is 11.4 Å². The highest BCUT2D eigenvalue weighted by Crippen LogP contribution is 2.37. The molecule has 0 aliphatic carbocycles. The van der Waals surface area contributed by atoms with Crippen LogP contribution >= 0.6 is 11.6 Å². The second kappa shape index (κ2) is 8.01. The Hall–Kier alpha value is -3.03. The number of fused-ring (bicyclic) bond motifs is 1. The summed E-state index contributed by atoms with van der Waals surface area (Å²) in [5.41, 5.74) is 2.00. The minimum absolute atomic E-state index is 0.0847. The number of rotatable bonds is 4. The van der Waals surface area contributed by atoms with Crippen LogP contribution < -0.4 is 14.4 Å². The monoisotopic (exact) mass is 442 g/mol. The van der Waals surface area contributed by atoms with E-state index in [0.717, 1.165) is 5.56 Å². The molecule has 0 aromatic heterocycles. The van der Waals surface area contributed by atoms with E-state index in [1.807, 2.05) is 25.1 Å². The summed E-state index contributed by atoms with van der Waals surface area (Å²) in [7, 11) is -3.92. The Labute approximate surface area is 180 Å². The molecule has 0 unspecified atom stereocenters. The van der Waals surface area contributed by atoms with Crippen molar-refractivity contribution in [2.75, 3.05) is 16.2 Å². The van der Waals surface area contributed by atoms with Gasteiger partial charge in [0, 0.05) is 10.7 Å². The van der Waals surface area contributed by atoms with Gasteiger partial charge in [-0.2, -0.15) is 0 Å². The van der Waals surface area contributed by atoms with Crippen molar-refractivity contribution in [2.24, 2.45) is 0 Å². The predicted molar refractivity (Wildman–Crippen MR) is 117 cm³/mol. The van der Waals surface area contributed by atoms with Crippen molar-refractivity contribution in [1.29, 1.82) is 0 Å². The fourth-order valence-corrected chi connectivity index (χ4v) is 4.85. The predicted octanol–water partition coefficient (Wildman–Crippen LogP) is 4.24. The summed E-state index contributed by atoms with van der Waals surface area (Å²) in [6, 6.07) is 20.0. The van der Waals surface area contributed by atoms with Crippen LogP contribution in [0, 0.1) is 6.92 Å². The molecule has 0 fully saturated rings. The van der Waals surface area contributed by atoms with Gasteiger partial charge < -0.3 is 10.1 Å². The zero-order valence-electron chi connectivity index (χ0n) is 16.1. The average molecular weight is 443 g/mol. The van der Waals surface area contributed by atoms with Crippen LogP contribution in [0.15, 0.2) is 77.7 Å². The summed E-state index contributed by atoms with van der Waals surface area (Å²) < 4.78 is 33.7. The highest BCUT2D eigenvalue weighted by molar-refractivity contribution is 7.92. The van der Waals surface area contributed by atoms with Crippen LogP contribution in [0.3, 0.4) is 0 Å². The summed E-state index contributed by atoms with van der Waals surface area (Å²) in [5, 5.41) is 3.24. The first-order valence-corrected chi connectivity index (χ1v) is 11.1. The molecule has 0 radical (unpaired) electrons. The molecule has 8 heteroatoms. The minimum Gasteiger partial charge on any atom is -0.476 e. The van der Waals surface area contributed by atoms with Crippen molar-refractivity contribution in [3.8, 4) is 5.75 Å². The van der Waals surface area contributed by atoms with Crippen molar-refractivity contribution in [3.63, 3.8) is 0 Å². The third-order valence-electron chi connectivity index (χ3n) is 4.71. The Morgan fingerprint density at radius 3 is 2.53 bits per heavy atom. The quantitative estimate of drug-likeness (QED) is 0.655. The number of hydrogen-bond donors (Lipinski definition) is 1. The summed E-state index contributed by atoms with van der Waals surface area (Å²) in [5.74, 6) is -0.0999. The molecule has 0 spiro atoms. The lowest BCUT2D eigenvalue weighted by atomic mass is 10.2. The maximum Gasteiger partial charge on any atom is 0.267 e. The highest BCUT2D eigenvalue weighted by atomic mass is 35.5. The summed E-state index contributed by atoms with van der Waals surface area (Å²) in [4.78, 5) is 13.0. The SMILES string of the molecule is Cc1cccc(NC(=O)[C@@H]2CN(S(=O)(=O)c3ccc(Cl)cc3)c3ccccc3O2)c1. The molecule has 1 N–H and O–H groups in total. The van der Waals surface area contributed by atoms with E-state index in [0.29, 0.717) is 22.1 Å². The van der Waals surface area contributed by atoms with Gasteiger partial charge in [0.2, 0.25) is 0 Å². The number of carbonyl (C=O) groups excluding carboxylic acids is 1. The first-order chi connectivity index (χ1) is 14.3. The number of sulfonamides is 1. The molecule has 3 aromatic rings.